The fourth-order valence-corrected chi connectivity index (χ4v) is 3.57. The predicted molar refractivity (Wildman–Crippen MR) is 85.7 cm³/mol. The van der Waals surface area contributed by atoms with Crippen molar-refractivity contribution < 1.29 is 9.53 Å². The fourth-order valence-electron chi connectivity index (χ4n) is 2.77. The number of primary amides is 1. The van der Waals surface area contributed by atoms with Gasteiger partial charge in [0.1, 0.15) is 11.9 Å². The second-order valence-electron chi connectivity index (χ2n) is 5.50. The van der Waals surface area contributed by atoms with E-state index in [9.17, 15) is 4.79 Å². The highest BCUT2D eigenvalue weighted by Gasteiger charge is 2.37. The first kappa shape index (κ1) is 15.0. The maximum Gasteiger partial charge on any atom is 0.234 e. The lowest BCUT2D eigenvalue weighted by molar-refractivity contribution is -0.122. The summed E-state index contributed by atoms with van der Waals surface area (Å²) in [5.74, 6) is 0.535. The third-order valence-corrected chi connectivity index (χ3v) is 4.85. The molecule has 1 aliphatic rings. The first-order valence-electron chi connectivity index (χ1n) is 7.27. The molecule has 0 saturated carbocycles. The van der Waals surface area contributed by atoms with Gasteiger partial charge in [0, 0.05) is 24.4 Å². The van der Waals surface area contributed by atoms with Crippen LogP contribution in [0.4, 0.5) is 0 Å². The molecule has 1 saturated heterocycles. The van der Waals surface area contributed by atoms with E-state index in [-0.39, 0.29) is 18.1 Å². The zero-order valence-corrected chi connectivity index (χ0v) is 13.3. The second kappa shape index (κ2) is 6.46. The van der Waals surface area contributed by atoms with E-state index in [2.05, 4.69) is 9.88 Å². The number of likely N-dealkylation sites (tertiary alicyclic amines) is 1. The quantitative estimate of drug-likeness (QED) is 0.915. The molecule has 0 aliphatic carbocycles. The zero-order chi connectivity index (χ0) is 15.5. The van der Waals surface area contributed by atoms with Crippen LogP contribution in [-0.2, 0) is 11.3 Å². The largest absolute Gasteiger partial charge is 0.489 e. The maximum atomic E-state index is 11.7. The van der Waals surface area contributed by atoms with Crippen molar-refractivity contribution in [2.24, 2.45) is 5.73 Å². The molecule has 0 bridgehead atoms. The molecule has 2 atom stereocenters. The van der Waals surface area contributed by atoms with Crippen molar-refractivity contribution in [2.45, 2.75) is 32.0 Å². The van der Waals surface area contributed by atoms with Crippen molar-refractivity contribution in [3.05, 3.63) is 46.4 Å². The molecule has 5 nitrogen and oxygen atoms in total. The molecule has 2 heterocycles. The lowest BCUT2D eigenvalue weighted by Crippen LogP contribution is -2.39. The molecule has 22 heavy (non-hydrogen) atoms. The summed E-state index contributed by atoms with van der Waals surface area (Å²) in [6, 6.07) is 9.40. The van der Waals surface area contributed by atoms with Gasteiger partial charge in [-0.3, -0.25) is 9.69 Å². The van der Waals surface area contributed by atoms with Gasteiger partial charge in [-0.25, -0.2) is 4.98 Å². The Labute approximate surface area is 133 Å². The van der Waals surface area contributed by atoms with Crippen molar-refractivity contribution in [3.63, 3.8) is 0 Å². The second-order valence-corrected chi connectivity index (χ2v) is 6.44. The molecule has 0 spiro atoms. The molecule has 1 fully saturated rings. The molecular formula is C16H19N3O2S. The molecule has 116 valence electrons. The van der Waals surface area contributed by atoms with Gasteiger partial charge in [-0.15, -0.1) is 11.3 Å². The Bertz CT molecular complexity index is 644. The van der Waals surface area contributed by atoms with Gasteiger partial charge in [0.2, 0.25) is 5.91 Å². The van der Waals surface area contributed by atoms with Gasteiger partial charge >= 0.3 is 0 Å². The smallest absolute Gasteiger partial charge is 0.234 e. The molecule has 1 amide bonds. The van der Waals surface area contributed by atoms with Gasteiger partial charge in [-0.1, -0.05) is 18.2 Å². The number of hydrogen-bond acceptors (Lipinski definition) is 5. The number of ether oxygens (including phenoxy) is 1. The van der Waals surface area contributed by atoms with E-state index in [4.69, 9.17) is 10.5 Å². The Morgan fingerprint density at radius 1 is 1.45 bits per heavy atom. The van der Waals surface area contributed by atoms with Crippen LogP contribution in [-0.4, -0.2) is 34.5 Å². The van der Waals surface area contributed by atoms with E-state index in [1.54, 1.807) is 11.3 Å². The Hall–Kier alpha value is -1.92. The van der Waals surface area contributed by atoms with Crippen molar-refractivity contribution in [1.82, 2.24) is 9.88 Å². The number of para-hydroxylation sites is 1. The van der Waals surface area contributed by atoms with Gasteiger partial charge in [0.25, 0.3) is 0 Å². The zero-order valence-electron chi connectivity index (χ0n) is 12.4. The number of nitrogens with two attached hydrogens (primary N) is 1. The summed E-state index contributed by atoms with van der Waals surface area (Å²) in [7, 11) is 0. The van der Waals surface area contributed by atoms with Gasteiger partial charge in [-0.2, -0.15) is 0 Å². The monoisotopic (exact) mass is 317 g/mol. The Kier molecular flexibility index (Phi) is 4.40. The van der Waals surface area contributed by atoms with Gasteiger partial charge in [0.05, 0.1) is 17.2 Å². The van der Waals surface area contributed by atoms with Crippen LogP contribution in [0.2, 0.25) is 0 Å². The summed E-state index contributed by atoms with van der Waals surface area (Å²) in [5, 5.41) is 0. The average Bonchev–Trinajstić information content (AvgIpc) is 3.08. The molecule has 6 heteroatoms. The molecule has 3 rings (SSSR count). The number of thiazole rings is 1. The number of hydrogen-bond donors (Lipinski definition) is 1. The number of aryl methyl sites for hydroxylation is 1. The Morgan fingerprint density at radius 2 is 2.23 bits per heavy atom. The van der Waals surface area contributed by atoms with E-state index >= 15 is 0 Å². The highest BCUT2D eigenvalue weighted by Crippen LogP contribution is 2.26. The van der Waals surface area contributed by atoms with E-state index in [0.717, 1.165) is 11.4 Å². The topological polar surface area (TPSA) is 68.5 Å². The third-order valence-electron chi connectivity index (χ3n) is 3.93. The number of rotatable bonds is 5. The van der Waals surface area contributed by atoms with Gasteiger partial charge < -0.3 is 10.5 Å². The molecule has 0 unspecified atom stereocenters. The first-order chi connectivity index (χ1) is 10.6. The summed E-state index contributed by atoms with van der Waals surface area (Å²) >= 11 is 1.61. The van der Waals surface area contributed by atoms with E-state index in [0.29, 0.717) is 19.5 Å². The minimum Gasteiger partial charge on any atom is -0.489 e. The minimum atomic E-state index is -0.290. The number of aromatic nitrogens is 1. The van der Waals surface area contributed by atoms with Gasteiger partial charge in [0.15, 0.2) is 0 Å². The van der Waals surface area contributed by atoms with Crippen LogP contribution in [0.5, 0.6) is 5.75 Å². The summed E-state index contributed by atoms with van der Waals surface area (Å²) in [4.78, 5) is 19.3. The van der Waals surface area contributed by atoms with Crippen LogP contribution in [0.25, 0.3) is 0 Å². The van der Waals surface area contributed by atoms with Crippen LogP contribution < -0.4 is 10.5 Å². The Balaban J connectivity index is 1.70. The molecule has 1 aliphatic heterocycles. The molecule has 1 aromatic carbocycles. The van der Waals surface area contributed by atoms with Crippen molar-refractivity contribution in [1.29, 1.82) is 0 Å². The van der Waals surface area contributed by atoms with Crippen LogP contribution >= 0.6 is 11.3 Å². The molecule has 2 N–H and O–H groups in total. The Morgan fingerprint density at radius 3 is 2.86 bits per heavy atom. The fraction of sp³-hybridized carbons (Fsp3) is 0.375. The van der Waals surface area contributed by atoms with E-state index < -0.39 is 0 Å². The highest BCUT2D eigenvalue weighted by molar-refractivity contribution is 7.09. The molecule has 1 aromatic heterocycles. The first-order valence-corrected chi connectivity index (χ1v) is 8.15. The average molecular weight is 317 g/mol. The molecule has 2 aromatic rings. The third kappa shape index (κ3) is 3.28. The van der Waals surface area contributed by atoms with Gasteiger partial charge in [-0.05, 0) is 19.1 Å². The van der Waals surface area contributed by atoms with E-state index in [1.807, 2.05) is 42.8 Å². The van der Waals surface area contributed by atoms with Crippen LogP contribution in [0.3, 0.4) is 0 Å². The predicted octanol–water partition coefficient (Wildman–Crippen LogP) is 1.96. The maximum absolute atomic E-state index is 11.7. The molecular weight excluding hydrogens is 298 g/mol. The summed E-state index contributed by atoms with van der Waals surface area (Å²) in [5.41, 5.74) is 8.41. The number of benzene rings is 1. The normalized spacial score (nSPS) is 21.9. The number of carbonyl (C=O) groups is 1. The van der Waals surface area contributed by atoms with E-state index in [1.165, 1.54) is 4.88 Å². The standard InChI is InChI=1S/C16H19N3O2S/c1-11-15(22-10-18-11)9-19-8-13(7-14(19)16(17)20)21-12-5-3-2-4-6-12/h2-6,10,13-14H,7-9H2,1H3,(H2,17,20)/t13-,14-/m0/s1. The van der Waals surface area contributed by atoms with Crippen LogP contribution in [0.15, 0.2) is 35.8 Å². The van der Waals surface area contributed by atoms with Crippen molar-refractivity contribution in [2.75, 3.05) is 6.54 Å². The van der Waals surface area contributed by atoms with Crippen LogP contribution in [0, 0.1) is 6.92 Å². The summed E-state index contributed by atoms with van der Waals surface area (Å²) in [6.45, 7) is 3.37. The van der Waals surface area contributed by atoms with Crippen LogP contribution in [0.1, 0.15) is 17.0 Å². The lowest BCUT2D eigenvalue weighted by atomic mass is 10.2. The lowest BCUT2D eigenvalue weighted by Gasteiger charge is -2.20. The molecule has 0 radical (unpaired) electrons. The van der Waals surface area contributed by atoms with Crippen molar-refractivity contribution in [3.8, 4) is 5.75 Å². The minimum absolute atomic E-state index is 0.0203. The summed E-state index contributed by atoms with van der Waals surface area (Å²) < 4.78 is 5.97. The number of amides is 1. The summed E-state index contributed by atoms with van der Waals surface area (Å²) in [6.07, 6.45) is 0.607. The van der Waals surface area contributed by atoms with Crippen molar-refractivity contribution >= 4 is 17.2 Å². The number of carbonyl (C=O) groups excluding carboxylic acids is 1. The number of nitrogens with zero attached hydrogens (tertiary/aromatic N) is 2. The SMILES string of the molecule is Cc1ncsc1CN1C[C@@H](Oc2ccccc2)C[C@H]1C(N)=O. The highest BCUT2D eigenvalue weighted by atomic mass is 32.1.